The molecule has 0 radical (unpaired) electrons. The summed E-state index contributed by atoms with van der Waals surface area (Å²) in [7, 11) is 0. The van der Waals surface area contributed by atoms with Gasteiger partial charge in [0, 0.05) is 0 Å². The fraction of sp³-hybridized carbons (Fsp3) is 0.846. The lowest BCUT2D eigenvalue weighted by atomic mass is 9.90. The van der Waals surface area contributed by atoms with Crippen molar-refractivity contribution in [2.75, 3.05) is 26.4 Å². The van der Waals surface area contributed by atoms with E-state index in [-0.39, 0.29) is 17.3 Å². The van der Waals surface area contributed by atoms with E-state index in [2.05, 4.69) is 12.1 Å². The first-order chi connectivity index (χ1) is 9.10. The Morgan fingerprint density at radius 2 is 1.16 bits per heavy atom. The second-order valence-electron chi connectivity index (χ2n) is 5.32. The summed E-state index contributed by atoms with van der Waals surface area (Å²) < 4.78 is 22.3. The molecule has 0 aromatic rings. The van der Waals surface area contributed by atoms with Crippen molar-refractivity contribution in [3.05, 3.63) is 0 Å². The summed E-state index contributed by atoms with van der Waals surface area (Å²) in [5, 5.41) is 17.6. The smallest absolute Gasteiger partial charge is 0.173 e. The molecule has 2 unspecified atom stereocenters. The van der Waals surface area contributed by atoms with Crippen molar-refractivity contribution >= 4 is 0 Å². The predicted octanol–water partition coefficient (Wildman–Crippen LogP) is 1.04. The van der Waals surface area contributed by atoms with Gasteiger partial charge in [-0.15, -0.1) is 0 Å². The molecule has 104 valence electrons. The van der Waals surface area contributed by atoms with Crippen LogP contribution < -0.4 is 0 Å². The second kappa shape index (κ2) is 5.85. The third kappa shape index (κ3) is 3.05. The Labute approximate surface area is 112 Å². The maximum absolute atomic E-state index is 8.82. The van der Waals surface area contributed by atoms with E-state index < -0.39 is 12.6 Å². The molecule has 2 saturated heterocycles. The normalized spacial score (nSPS) is 38.1. The average Bonchev–Trinajstić information content (AvgIpc) is 2.47. The van der Waals surface area contributed by atoms with Gasteiger partial charge in [-0.1, -0.05) is 0 Å². The number of ether oxygens (including phenoxy) is 4. The van der Waals surface area contributed by atoms with Gasteiger partial charge in [-0.2, -0.15) is 10.5 Å². The van der Waals surface area contributed by atoms with Gasteiger partial charge in [0.2, 0.25) is 0 Å². The molecular weight excluding hydrogens is 248 g/mol. The molecule has 0 amide bonds. The molecule has 2 rings (SSSR count). The van der Waals surface area contributed by atoms with Gasteiger partial charge in [0.1, 0.15) is 0 Å². The second-order valence-corrected chi connectivity index (χ2v) is 5.32. The molecule has 0 bridgehead atoms. The van der Waals surface area contributed by atoms with E-state index in [4.69, 9.17) is 29.5 Å². The highest BCUT2D eigenvalue weighted by Crippen LogP contribution is 2.32. The van der Waals surface area contributed by atoms with E-state index in [1.165, 1.54) is 0 Å². The number of nitrogens with zero attached hydrogens (tertiary/aromatic N) is 2. The molecule has 1 spiro atoms. The SMILES string of the molecule is CC(C#N)C1OCC2(CO1)COC(C(C)C#N)OC2. The van der Waals surface area contributed by atoms with Crippen LogP contribution in [0.1, 0.15) is 13.8 Å². The summed E-state index contributed by atoms with van der Waals surface area (Å²) in [6, 6.07) is 4.21. The highest BCUT2D eigenvalue weighted by atomic mass is 16.7. The van der Waals surface area contributed by atoms with Gasteiger partial charge in [0.15, 0.2) is 12.6 Å². The van der Waals surface area contributed by atoms with Gasteiger partial charge in [-0.25, -0.2) is 0 Å². The van der Waals surface area contributed by atoms with Crippen molar-refractivity contribution in [2.45, 2.75) is 26.4 Å². The Morgan fingerprint density at radius 1 is 0.842 bits per heavy atom. The Balaban J connectivity index is 1.85. The van der Waals surface area contributed by atoms with Crippen LogP contribution in [0.2, 0.25) is 0 Å². The Hall–Kier alpha value is -1.18. The van der Waals surface area contributed by atoms with Crippen LogP contribution in [0.15, 0.2) is 0 Å². The summed E-state index contributed by atoms with van der Waals surface area (Å²) in [5.74, 6) is -0.594. The van der Waals surface area contributed by atoms with Gasteiger partial charge in [-0.3, -0.25) is 0 Å². The van der Waals surface area contributed by atoms with Crippen molar-refractivity contribution in [1.29, 1.82) is 10.5 Å². The standard InChI is InChI=1S/C13H18N2O4/c1-9(3-14)11-16-5-13(6-17-11)7-18-12(19-8-13)10(2)4-15/h9-12H,5-8H2,1-2H3. The summed E-state index contributed by atoms with van der Waals surface area (Å²) in [4.78, 5) is 0. The molecule has 6 nitrogen and oxygen atoms in total. The molecule has 2 atom stereocenters. The summed E-state index contributed by atoms with van der Waals surface area (Å²) in [5.41, 5.74) is -0.322. The number of rotatable bonds is 2. The third-order valence-electron chi connectivity index (χ3n) is 3.44. The summed E-state index contributed by atoms with van der Waals surface area (Å²) in [6.45, 7) is 5.30. The van der Waals surface area contributed by atoms with Gasteiger partial charge in [0.05, 0.1) is 55.8 Å². The van der Waals surface area contributed by atoms with E-state index in [0.29, 0.717) is 26.4 Å². The van der Waals surface area contributed by atoms with Crippen LogP contribution in [0.5, 0.6) is 0 Å². The van der Waals surface area contributed by atoms with E-state index in [9.17, 15) is 0 Å². The molecule has 19 heavy (non-hydrogen) atoms. The zero-order valence-corrected chi connectivity index (χ0v) is 11.2. The number of nitriles is 2. The van der Waals surface area contributed by atoms with Crippen LogP contribution in [0.25, 0.3) is 0 Å². The molecule has 2 fully saturated rings. The van der Waals surface area contributed by atoms with Crippen LogP contribution >= 0.6 is 0 Å². The minimum atomic E-state index is -0.480. The van der Waals surface area contributed by atoms with E-state index in [1.54, 1.807) is 13.8 Å². The van der Waals surface area contributed by atoms with Crippen LogP contribution in [-0.4, -0.2) is 39.0 Å². The fourth-order valence-corrected chi connectivity index (χ4v) is 2.08. The number of hydrogen-bond acceptors (Lipinski definition) is 6. The quantitative estimate of drug-likeness (QED) is 0.742. The summed E-state index contributed by atoms with van der Waals surface area (Å²) in [6.07, 6.45) is -0.960. The minimum Gasteiger partial charge on any atom is -0.350 e. The zero-order valence-electron chi connectivity index (χ0n) is 11.2. The highest BCUT2D eigenvalue weighted by molar-refractivity contribution is 4.90. The van der Waals surface area contributed by atoms with Crippen molar-refractivity contribution in [3.63, 3.8) is 0 Å². The van der Waals surface area contributed by atoms with Crippen LogP contribution in [0, 0.1) is 39.9 Å². The van der Waals surface area contributed by atoms with Gasteiger partial charge in [0.25, 0.3) is 0 Å². The lowest BCUT2D eigenvalue weighted by Crippen LogP contribution is -2.53. The van der Waals surface area contributed by atoms with E-state index >= 15 is 0 Å². The Bertz CT molecular complexity index is 343. The van der Waals surface area contributed by atoms with Crippen molar-refractivity contribution in [1.82, 2.24) is 0 Å². The Kier molecular flexibility index (Phi) is 4.38. The van der Waals surface area contributed by atoms with Crippen LogP contribution in [0.4, 0.5) is 0 Å². The fourth-order valence-electron chi connectivity index (χ4n) is 2.08. The first kappa shape index (κ1) is 14.2. The van der Waals surface area contributed by atoms with Crippen molar-refractivity contribution in [3.8, 4) is 12.1 Å². The lowest BCUT2D eigenvalue weighted by Gasteiger charge is -2.44. The van der Waals surface area contributed by atoms with Gasteiger partial charge in [-0.05, 0) is 13.8 Å². The van der Waals surface area contributed by atoms with Gasteiger partial charge < -0.3 is 18.9 Å². The molecule has 2 aliphatic rings. The molecule has 0 saturated carbocycles. The maximum atomic E-state index is 8.82. The molecule has 2 aliphatic heterocycles. The lowest BCUT2D eigenvalue weighted by molar-refractivity contribution is -0.311. The topological polar surface area (TPSA) is 84.5 Å². The molecule has 0 N–H and O–H groups in total. The molecular formula is C13H18N2O4. The minimum absolute atomic E-state index is 0.297. The first-order valence-corrected chi connectivity index (χ1v) is 6.36. The average molecular weight is 266 g/mol. The molecule has 0 aromatic heterocycles. The Morgan fingerprint density at radius 3 is 1.42 bits per heavy atom. The largest absolute Gasteiger partial charge is 0.350 e. The van der Waals surface area contributed by atoms with E-state index in [0.717, 1.165) is 0 Å². The zero-order chi connectivity index (χ0) is 13.9. The highest BCUT2D eigenvalue weighted by Gasteiger charge is 2.43. The van der Waals surface area contributed by atoms with E-state index in [1.807, 2.05) is 0 Å². The third-order valence-corrected chi connectivity index (χ3v) is 3.44. The van der Waals surface area contributed by atoms with Crippen molar-refractivity contribution < 1.29 is 18.9 Å². The summed E-state index contributed by atoms with van der Waals surface area (Å²) >= 11 is 0. The molecule has 6 heteroatoms. The van der Waals surface area contributed by atoms with Crippen LogP contribution in [0.3, 0.4) is 0 Å². The molecule has 0 aliphatic carbocycles. The van der Waals surface area contributed by atoms with Crippen LogP contribution in [-0.2, 0) is 18.9 Å². The molecule has 0 aromatic carbocycles. The van der Waals surface area contributed by atoms with Gasteiger partial charge >= 0.3 is 0 Å². The maximum Gasteiger partial charge on any atom is 0.173 e. The first-order valence-electron chi connectivity index (χ1n) is 6.36. The predicted molar refractivity (Wildman–Crippen MR) is 63.4 cm³/mol. The van der Waals surface area contributed by atoms with Crippen molar-refractivity contribution in [2.24, 2.45) is 17.3 Å². The monoisotopic (exact) mass is 266 g/mol. The molecule has 2 heterocycles. The number of hydrogen-bond donors (Lipinski definition) is 0.